The van der Waals surface area contributed by atoms with Crippen LogP contribution >= 0.6 is 30.3 Å². The van der Waals surface area contributed by atoms with Crippen molar-refractivity contribution < 1.29 is 85.3 Å². The molecule has 0 saturated carbocycles. The van der Waals surface area contributed by atoms with Crippen LogP contribution in [-0.4, -0.2) is 6.16 Å². The van der Waals surface area contributed by atoms with E-state index in [1.807, 2.05) is 0 Å². The van der Waals surface area contributed by atoms with Crippen LogP contribution in [0.15, 0.2) is 0 Å². The van der Waals surface area contributed by atoms with Crippen molar-refractivity contribution in [1.29, 1.82) is 0 Å². The van der Waals surface area contributed by atoms with Crippen LogP contribution in [0.5, 0.6) is 0 Å². The molecule has 0 unspecified atom stereocenters. The number of hydrogen-bond acceptors (Lipinski definition) is 3. The SMILES string of the molecule is O=C([O-])[O-].[Cl][Fe]([Cl])[Cl].[Na+].[Na+]. The van der Waals surface area contributed by atoms with Gasteiger partial charge in [0.15, 0.2) is 0 Å². The Hall–Kier alpha value is 2.66. The Labute approximate surface area is 120 Å². The first-order valence-corrected chi connectivity index (χ1v) is 5.57. The van der Waals surface area contributed by atoms with E-state index in [9.17, 15) is 0 Å². The average molecular weight is 268 g/mol. The number of halogens is 3. The Balaban J connectivity index is -0.0000000300. The molecule has 0 aromatic carbocycles. The minimum atomic E-state index is -2.33. The Morgan fingerprint density at radius 2 is 1.10 bits per heavy atom. The molecule has 0 N–H and O–H groups in total. The van der Waals surface area contributed by atoms with Gasteiger partial charge in [-0.15, -0.1) is 0 Å². The van der Waals surface area contributed by atoms with Crippen molar-refractivity contribution in [1.82, 2.24) is 0 Å². The molecule has 9 heteroatoms. The van der Waals surface area contributed by atoms with Gasteiger partial charge in [-0.2, -0.15) is 0 Å². The molecule has 0 spiro atoms. The molecular formula is CCl3FeNa2O3. The number of carbonyl (C=O) groups excluding carboxylic acids is 1. The van der Waals surface area contributed by atoms with Gasteiger partial charge >= 0.3 is 101 Å². The van der Waals surface area contributed by atoms with E-state index in [0.29, 0.717) is 0 Å². The van der Waals surface area contributed by atoms with Crippen LogP contribution < -0.4 is 69.3 Å². The topological polar surface area (TPSA) is 63.2 Å². The molecule has 0 aromatic rings. The molecule has 0 aliphatic carbocycles. The van der Waals surface area contributed by atoms with E-state index in [4.69, 9.17) is 45.3 Å². The zero-order chi connectivity index (χ0) is 7.15. The molecule has 0 amide bonds. The summed E-state index contributed by atoms with van der Waals surface area (Å²) in [5.74, 6) is 0. The molecule has 0 fully saturated rings. The van der Waals surface area contributed by atoms with E-state index in [1.54, 1.807) is 0 Å². The number of carboxylic acid groups (broad SMARTS) is 2. The Morgan fingerprint density at radius 1 is 1.10 bits per heavy atom. The van der Waals surface area contributed by atoms with E-state index in [0.717, 1.165) is 0 Å². The maximum absolute atomic E-state index is 8.33. The van der Waals surface area contributed by atoms with Gasteiger partial charge < -0.3 is 15.0 Å². The van der Waals surface area contributed by atoms with E-state index in [2.05, 4.69) is 0 Å². The summed E-state index contributed by atoms with van der Waals surface area (Å²) in [6, 6.07) is 0. The Bertz CT molecular complexity index is 66.0. The normalized spacial score (nSPS) is 6.90. The van der Waals surface area contributed by atoms with Crippen LogP contribution in [0.3, 0.4) is 0 Å². The Kier molecular flexibility index (Phi) is 40.5. The summed E-state index contributed by atoms with van der Waals surface area (Å²) >= 11 is -1.33. The molecule has 0 aliphatic heterocycles. The third-order valence-electron chi connectivity index (χ3n) is 0. The van der Waals surface area contributed by atoms with Crippen molar-refractivity contribution in [3.05, 3.63) is 0 Å². The van der Waals surface area contributed by atoms with E-state index in [1.165, 1.54) is 0 Å². The maximum Gasteiger partial charge on any atom is 1.00 e. The minimum absolute atomic E-state index is 0. The zero-order valence-electron chi connectivity index (χ0n) is 5.21. The molecule has 0 radical (unpaired) electrons. The van der Waals surface area contributed by atoms with Crippen LogP contribution in [0.2, 0.25) is 0 Å². The average Bonchev–Trinajstić information content (AvgIpc) is 1.25. The number of carbonyl (C=O) groups is 1. The molecule has 0 saturated heterocycles. The third kappa shape index (κ3) is 141. The summed E-state index contributed by atoms with van der Waals surface area (Å²) < 4.78 is 0. The first-order chi connectivity index (χ1) is 3.46. The van der Waals surface area contributed by atoms with Crippen LogP contribution in [0, 0.1) is 0 Å². The van der Waals surface area contributed by atoms with E-state index >= 15 is 0 Å². The van der Waals surface area contributed by atoms with Crippen LogP contribution in [0.4, 0.5) is 4.79 Å². The van der Waals surface area contributed by atoms with Gasteiger partial charge in [-0.25, -0.2) is 0 Å². The van der Waals surface area contributed by atoms with Crippen molar-refractivity contribution in [3.63, 3.8) is 0 Å². The Morgan fingerprint density at radius 3 is 1.10 bits per heavy atom. The molecule has 3 nitrogen and oxygen atoms in total. The quantitative estimate of drug-likeness (QED) is 0.411. The fourth-order valence-electron chi connectivity index (χ4n) is 0. The summed E-state index contributed by atoms with van der Waals surface area (Å²) in [5, 5.41) is 16.7. The monoisotopic (exact) mass is 267 g/mol. The minimum Gasteiger partial charge on any atom is 1.00 e. The molecule has 0 atom stereocenters. The molecule has 0 aromatic heterocycles. The molecule has 10 heavy (non-hydrogen) atoms. The molecule has 0 aliphatic rings. The van der Waals surface area contributed by atoms with Gasteiger partial charge in [-0.1, -0.05) is 0 Å². The van der Waals surface area contributed by atoms with Gasteiger partial charge in [0.2, 0.25) is 0 Å². The smallest absolute Gasteiger partial charge is 1.00 e. The van der Waals surface area contributed by atoms with Gasteiger partial charge in [0.1, 0.15) is 0 Å². The fourth-order valence-corrected chi connectivity index (χ4v) is 0. The predicted molar refractivity (Wildman–Crippen MR) is 23.0 cm³/mol. The molecule has 53 valence electrons. The summed E-state index contributed by atoms with van der Waals surface area (Å²) in [4.78, 5) is 8.33. The predicted octanol–water partition coefficient (Wildman–Crippen LogP) is -6.37. The number of hydrogen-bond donors (Lipinski definition) is 0. The molecular weight excluding hydrogens is 268 g/mol. The second-order valence-corrected chi connectivity index (χ2v) is 5.87. The van der Waals surface area contributed by atoms with Gasteiger partial charge in [0.25, 0.3) is 0 Å². The molecule has 0 heterocycles. The molecule has 0 bridgehead atoms. The maximum atomic E-state index is 8.33. The van der Waals surface area contributed by atoms with Gasteiger partial charge in [0, 0.05) is 0 Å². The van der Waals surface area contributed by atoms with Crippen molar-refractivity contribution in [3.8, 4) is 0 Å². The van der Waals surface area contributed by atoms with Crippen LogP contribution in [0.1, 0.15) is 0 Å². The second-order valence-electron chi connectivity index (χ2n) is 0.402. The van der Waals surface area contributed by atoms with E-state index < -0.39 is 17.3 Å². The molecule has 0 rings (SSSR count). The van der Waals surface area contributed by atoms with Gasteiger partial charge in [0.05, 0.1) is 0 Å². The van der Waals surface area contributed by atoms with E-state index in [-0.39, 0.29) is 59.1 Å². The fraction of sp³-hybridized carbons (Fsp3) is 0. The second kappa shape index (κ2) is 17.7. The zero-order valence-corrected chi connectivity index (χ0v) is 12.6. The van der Waals surface area contributed by atoms with Crippen molar-refractivity contribution >= 4 is 36.4 Å². The third-order valence-corrected chi connectivity index (χ3v) is 0. The van der Waals surface area contributed by atoms with Crippen molar-refractivity contribution in [2.24, 2.45) is 0 Å². The standard InChI is InChI=1S/CH2O3.3ClH.Fe.2Na/c2-1(3)4;;;;;;/h(H2,2,3,4);3*1H;;;/q;;;;+3;2*+1/p-5. The summed E-state index contributed by atoms with van der Waals surface area (Å²) in [6.07, 6.45) is -2.33. The number of rotatable bonds is 0. The van der Waals surface area contributed by atoms with Crippen LogP contribution in [0.25, 0.3) is 0 Å². The van der Waals surface area contributed by atoms with Crippen LogP contribution in [-0.2, 0) is 11.2 Å². The summed E-state index contributed by atoms with van der Waals surface area (Å²) in [5.41, 5.74) is 0. The largest absolute Gasteiger partial charge is 1.00 e. The summed E-state index contributed by atoms with van der Waals surface area (Å²) in [7, 11) is 14.7. The van der Waals surface area contributed by atoms with Gasteiger partial charge in [-0.05, 0) is 6.16 Å². The first kappa shape index (κ1) is 23.0. The first-order valence-electron chi connectivity index (χ1n) is 1.01. The van der Waals surface area contributed by atoms with Crippen molar-refractivity contribution in [2.45, 2.75) is 0 Å². The van der Waals surface area contributed by atoms with Crippen molar-refractivity contribution in [2.75, 3.05) is 0 Å². The van der Waals surface area contributed by atoms with Gasteiger partial charge in [-0.3, -0.25) is 0 Å². The summed E-state index contributed by atoms with van der Waals surface area (Å²) in [6.45, 7) is 0.